The molecule has 0 aromatic carbocycles. The highest BCUT2D eigenvalue weighted by atomic mass is 32.2. The standard InChI is InChI=1S/C21H27N5O9S2/c1-9(2)33-21(30)35-10(3)34-19(29)15-11(6-31-4)7-36-18-14(17(28)26(15)18)24-16(27)13(25-32-5)12-8-37-20(22)23-12/h8-10,14,18H,6-7H2,1-5H3,(H2,22,23)(H,24,27)/t10?,14-,18?/m1/s1. The molecular formula is C21H27N5O9S2. The minimum Gasteiger partial charge on any atom is -0.431 e. The maximum Gasteiger partial charge on any atom is 0.511 e. The molecule has 2 amide bonds. The van der Waals surface area contributed by atoms with Gasteiger partial charge in [-0.15, -0.1) is 23.1 Å². The second-order valence-corrected chi connectivity index (χ2v) is 9.94. The normalized spacial score (nSPS) is 20.1. The van der Waals surface area contributed by atoms with Gasteiger partial charge in [-0.3, -0.25) is 14.5 Å². The molecule has 0 bridgehead atoms. The van der Waals surface area contributed by atoms with Crippen LogP contribution in [-0.4, -0.2) is 89.9 Å². The van der Waals surface area contributed by atoms with Crippen molar-refractivity contribution in [2.45, 2.75) is 44.6 Å². The molecule has 3 rings (SSSR count). The topological polar surface area (TPSA) is 181 Å². The lowest BCUT2D eigenvalue weighted by Crippen LogP contribution is -2.71. The quantitative estimate of drug-likeness (QED) is 0.136. The summed E-state index contributed by atoms with van der Waals surface area (Å²) >= 11 is 2.45. The van der Waals surface area contributed by atoms with Crippen molar-refractivity contribution < 1.29 is 43.0 Å². The van der Waals surface area contributed by atoms with E-state index in [1.807, 2.05) is 0 Å². The molecule has 0 radical (unpaired) electrons. The van der Waals surface area contributed by atoms with Crippen molar-refractivity contribution in [1.82, 2.24) is 15.2 Å². The molecular weight excluding hydrogens is 530 g/mol. The van der Waals surface area contributed by atoms with Gasteiger partial charge in [0.2, 0.25) is 6.29 Å². The third-order valence-electron chi connectivity index (χ3n) is 4.88. The Labute approximate surface area is 220 Å². The van der Waals surface area contributed by atoms with Crippen molar-refractivity contribution >= 4 is 57.9 Å². The molecule has 2 aliphatic heterocycles. The van der Waals surface area contributed by atoms with Crippen molar-refractivity contribution in [3.63, 3.8) is 0 Å². The highest BCUT2D eigenvalue weighted by Gasteiger charge is 2.55. The largest absolute Gasteiger partial charge is 0.511 e. The number of fused-ring (bicyclic) bond motifs is 1. The summed E-state index contributed by atoms with van der Waals surface area (Å²) in [5.41, 5.74) is 6.15. The molecule has 3 heterocycles. The number of β-lactam (4-membered cyclic amide) rings is 1. The predicted octanol–water partition coefficient (Wildman–Crippen LogP) is 0.827. The molecule has 14 nitrogen and oxygen atoms in total. The van der Waals surface area contributed by atoms with Gasteiger partial charge in [0, 0.05) is 25.2 Å². The van der Waals surface area contributed by atoms with Crippen LogP contribution in [0.25, 0.3) is 0 Å². The van der Waals surface area contributed by atoms with Crippen molar-refractivity contribution in [2.24, 2.45) is 5.16 Å². The van der Waals surface area contributed by atoms with E-state index >= 15 is 0 Å². The van der Waals surface area contributed by atoms with Crippen molar-refractivity contribution in [3.05, 3.63) is 22.3 Å². The number of ether oxygens (including phenoxy) is 4. The van der Waals surface area contributed by atoms with Crippen LogP contribution >= 0.6 is 23.1 Å². The Morgan fingerprint density at radius 2 is 1.97 bits per heavy atom. The minimum atomic E-state index is -1.28. The Kier molecular flexibility index (Phi) is 9.34. The number of carbonyl (C=O) groups is 4. The lowest BCUT2D eigenvalue weighted by atomic mass is 10.0. The van der Waals surface area contributed by atoms with Crippen molar-refractivity contribution in [1.29, 1.82) is 0 Å². The van der Waals surface area contributed by atoms with E-state index in [0.717, 1.165) is 11.3 Å². The Bertz CT molecular complexity index is 1120. The summed E-state index contributed by atoms with van der Waals surface area (Å²) in [5.74, 6) is -1.81. The third kappa shape index (κ3) is 6.50. The molecule has 0 spiro atoms. The Morgan fingerprint density at radius 3 is 2.57 bits per heavy atom. The number of hydrogen-bond acceptors (Lipinski definition) is 14. The molecule has 16 heteroatoms. The zero-order valence-corrected chi connectivity index (χ0v) is 22.3. The number of carbonyl (C=O) groups excluding carboxylic acids is 4. The highest BCUT2D eigenvalue weighted by Crippen LogP contribution is 2.41. The van der Waals surface area contributed by atoms with Gasteiger partial charge in [-0.05, 0) is 19.4 Å². The van der Waals surface area contributed by atoms with Crippen LogP contribution in [0.3, 0.4) is 0 Å². The monoisotopic (exact) mass is 557 g/mol. The number of hydrogen-bond donors (Lipinski definition) is 2. The summed E-state index contributed by atoms with van der Waals surface area (Å²) in [7, 11) is 2.71. The number of nitrogens with two attached hydrogens (primary N) is 1. The number of anilines is 1. The number of thiazole rings is 1. The molecule has 0 aliphatic carbocycles. The molecule has 2 unspecified atom stereocenters. The van der Waals surface area contributed by atoms with Crippen LogP contribution in [-0.2, 0) is 38.2 Å². The summed E-state index contributed by atoms with van der Waals surface area (Å²) < 4.78 is 20.2. The fraction of sp³-hybridized carbons (Fsp3) is 0.524. The first kappa shape index (κ1) is 28.2. The van der Waals surface area contributed by atoms with Crippen LogP contribution < -0.4 is 11.1 Å². The van der Waals surface area contributed by atoms with Crippen LogP contribution in [0.1, 0.15) is 26.5 Å². The molecule has 3 atom stereocenters. The van der Waals surface area contributed by atoms with Gasteiger partial charge in [0.05, 0.1) is 12.7 Å². The average molecular weight is 558 g/mol. The second-order valence-electron chi connectivity index (χ2n) is 7.95. The highest BCUT2D eigenvalue weighted by molar-refractivity contribution is 8.00. The summed E-state index contributed by atoms with van der Waals surface area (Å²) in [6, 6.07) is -0.961. The first-order valence-corrected chi connectivity index (χ1v) is 12.9. The Balaban J connectivity index is 1.74. The lowest BCUT2D eigenvalue weighted by molar-refractivity contribution is -0.169. The van der Waals surface area contributed by atoms with Gasteiger partial charge < -0.3 is 34.8 Å². The van der Waals surface area contributed by atoms with Gasteiger partial charge in [-0.2, -0.15) is 0 Å². The maximum atomic E-state index is 13.1. The van der Waals surface area contributed by atoms with E-state index in [9.17, 15) is 19.2 Å². The van der Waals surface area contributed by atoms with Crippen LogP contribution in [0.5, 0.6) is 0 Å². The Hall–Kier alpha value is -3.37. The number of rotatable bonds is 10. The van der Waals surface area contributed by atoms with Crippen LogP contribution in [0.4, 0.5) is 9.93 Å². The molecule has 1 saturated heterocycles. The van der Waals surface area contributed by atoms with Crippen LogP contribution in [0, 0.1) is 0 Å². The second kappa shape index (κ2) is 12.2. The van der Waals surface area contributed by atoms with E-state index in [-0.39, 0.29) is 28.8 Å². The summed E-state index contributed by atoms with van der Waals surface area (Å²) in [6.45, 7) is 4.68. The SMILES string of the molecule is COCC1=C(C(=O)OC(C)OC(=O)OC(C)C)N2C(=O)[C@@H](NC(=O)C(=NOC)c3csc(N)n3)C2SC1. The van der Waals surface area contributed by atoms with Gasteiger partial charge in [0.15, 0.2) is 10.8 Å². The summed E-state index contributed by atoms with van der Waals surface area (Å²) in [6.07, 6.45) is -2.71. The molecule has 2 aliphatic rings. The first-order valence-electron chi connectivity index (χ1n) is 10.9. The molecule has 1 aromatic heterocycles. The molecule has 0 saturated carbocycles. The van der Waals surface area contributed by atoms with E-state index < -0.39 is 47.7 Å². The van der Waals surface area contributed by atoms with Gasteiger partial charge in [0.1, 0.15) is 29.9 Å². The average Bonchev–Trinajstić information content (AvgIpc) is 3.25. The summed E-state index contributed by atoms with van der Waals surface area (Å²) in [4.78, 5) is 60.8. The minimum absolute atomic E-state index is 0.0353. The fourth-order valence-electron chi connectivity index (χ4n) is 3.45. The van der Waals surface area contributed by atoms with E-state index in [1.54, 1.807) is 13.8 Å². The van der Waals surface area contributed by atoms with E-state index in [1.165, 1.54) is 43.2 Å². The number of methoxy groups -OCH3 is 1. The maximum absolute atomic E-state index is 13.1. The number of nitrogen functional groups attached to an aromatic ring is 1. The van der Waals surface area contributed by atoms with Crippen LogP contribution in [0.2, 0.25) is 0 Å². The number of thioether (sulfide) groups is 1. The number of nitrogens with zero attached hydrogens (tertiary/aromatic N) is 3. The first-order chi connectivity index (χ1) is 17.6. The van der Waals surface area contributed by atoms with E-state index in [2.05, 4.69) is 15.5 Å². The summed E-state index contributed by atoms with van der Waals surface area (Å²) in [5, 5.41) is 7.49. The third-order valence-corrected chi connectivity index (χ3v) is 6.89. The molecule has 1 aromatic rings. The molecule has 202 valence electrons. The molecule has 37 heavy (non-hydrogen) atoms. The molecule has 1 fully saturated rings. The molecule has 3 N–H and O–H groups in total. The van der Waals surface area contributed by atoms with Gasteiger partial charge in [0.25, 0.3) is 11.8 Å². The van der Waals surface area contributed by atoms with Crippen LogP contribution in [0.15, 0.2) is 21.8 Å². The zero-order chi connectivity index (χ0) is 27.3. The van der Waals surface area contributed by atoms with E-state index in [0.29, 0.717) is 11.3 Å². The lowest BCUT2D eigenvalue weighted by Gasteiger charge is -2.49. The van der Waals surface area contributed by atoms with E-state index in [4.69, 9.17) is 29.5 Å². The number of nitrogens with one attached hydrogen (secondary N) is 1. The predicted molar refractivity (Wildman–Crippen MR) is 132 cm³/mol. The number of amides is 2. The number of aromatic nitrogens is 1. The van der Waals surface area contributed by atoms with Crippen molar-refractivity contribution in [3.8, 4) is 0 Å². The fourth-order valence-corrected chi connectivity index (χ4v) is 5.32. The smallest absolute Gasteiger partial charge is 0.431 e. The van der Waals surface area contributed by atoms with Gasteiger partial charge in [-0.25, -0.2) is 14.6 Å². The van der Waals surface area contributed by atoms with Crippen molar-refractivity contribution in [2.75, 3.05) is 32.3 Å². The van der Waals surface area contributed by atoms with Gasteiger partial charge >= 0.3 is 12.1 Å². The van der Waals surface area contributed by atoms with Gasteiger partial charge in [-0.1, -0.05) is 5.16 Å². The number of esters is 1. The zero-order valence-electron chi connectivity index (χ0n) is 20.7. The number of oxime groups is 1. The Morgan fingerprint density at radius 1 is 1.24 bits per heavy atom.